The number of nitrogens with zero attached hydrogens (tertiary/aromatic N) is 1. The van der Waals surface area contributed by atoms with Crippen molar-refractivity contribution in [2.24, 2.45) is 5.18 Å². The van der Waals surface area contributed by atoms with Crippen molar-refractivity contribution in [1.29, 1.82) is 0 Å². The van der Waals surface area contributed by atoms with Gasteiger partial charge in [0.25, 0.3) is 5.72 Å². The number of nitroso groups, excluding NO2 is 1. The lowest BCUT2D eigenvalue weighted by Crippen LogP contribution is -2.36. The molecule has 0 N–H and O–H groups in total. The minimum Gasteiger partial charge on any atom is -0.426 e. The number of rotatable bonds is 2. The first-order chi connectivity index (χ1) is 11.1. The fourth-order valence-electron chi connectivity index (χ4n) is 3.96. The molecule has 3 rings (SSSR count). The number of ether oxygens (including phenoxy) is 1. The van der Waals surface area contributed by atoms with E-state index in [1.165, 1.54) is 17.2 Å². The number of hydrogen-bond acceptors (Lipinski definition) is 4. The Morgan fingerprint density at radius 3 is 2.25 bits per heavy atom. The van der Waals surface area contributed by atoms with Gasteiger partial charge < -0.3 is 4.74 Å². The first-order valence-corrected chi connectivity index (χ1v) is 8.50. The van der Waals surface area contributed by atoms with Crippen LogP contribution in [0.1, 0.15) is 70.6 Å². The molecule has 0 saturated heterocycles. The molecule has 0 bridgehead atoms. The van der Waals surface area contributed by atoms with Crippen molar-refractivity contribution in [3.05, 3.63) is 51.4 Å². The van der Waals surface area contributed by atoms with Gasteiger partial charge in [-0.2, -0.15) is 0 Å². The van der Waals surface area contributed by atoms with Crippen LogP contribution in [-0.4, -0.2) is 5.97 Å². The molecule has 0 amide bonds. The first kappa shape index (κ1) is 16.9. The number of hydrogen-bond donors (Lipinski definition) is 0. The maximum absolute atomic E-state index is 11.8. The van der Waals surface area contributed by atoms with Crippen molar-refractivity contribution in [2.45, 2.75) is 70.4 Å². The molecule has 0 radical (unpaired) electrons. The van der Waals surface area contributed by atoms with E-state index in [0.717, 1.165) is 18.4 Å². The van der Waals surface area contributed by atoms with Gasteiger partial charge in [-0.15, -0.1) is 4.91 Å². The maximum Gasteiger partial charge on any atom is 0.333 e. The Labute approximate surface area is 143 Å². The number of esters is 1. The van der Waals surface area contributed by atoms with E-state index in [2.05, 4.69) is 38.9 Å². The Morgan fingerprint density at radius 1 is 1.04 bits per heavy atom. The van der Waals surface area contributed by atoms with Crippen molar-refractivity contribution in [3.63, 3.8) is 0 Å². The molecule has 128 valence electrons. The van der Waals surface area contributed by atoms with Crippen LogP contribution in [0.3, 0.4) is 0 Å². The van der Waals surface area contributed by atoms with E-state index < -0.39 is 11.7 Å². The third kappa shape index (κ3) is 2.58. The molecule has 0 aromatic heterocycles. The smallest absolute Gasteiger partial charge is 0.333 e. The predicted molar refractivity (Wildman–Crippen MR) is 93.7 cm³/mol. The highest BCUT2D eigenvalue weighted by atomic mass is 16.6. The van der Waals surface area contributed by atoms with Crippen LogP contribution in [0.25, 0.3) is 0 Å². The summed E-state index contributed by atoms with van der Waals surface area (Å²) >= 11 is 0. The second-order valence-corrected chi connectivity index (χ2v) is 8.49. The number of fused-ring (bicyclic) bond motifs is 1. The maximum atomic E-state index is 11.8. The summed E-state index contributed by atoms with van der Waals surface area (Å²) in [6.07, 6.45) is 3.94. The standard InChI is InChI=1S/C20H25NO3/c1-13-10-17(22)24-20(12-13,21-23)14-6-7-15-16(11-14)19(4,5)9-8-18(15,2)3/h6-7,10-11H,8-9,12H2,1-5H3. The number of cyclic esters (lactones) is 1. The fraction of sp³-hybridized carbons (Fsp3) is 0.550. The van der Waals surface area contributed by atoms with Crippen molar-refractivity contribution in [3.8, 4) is 0 Å². The SMILES string of the molecule is CC1=CC(=O)OC(N=O)(c2ccc3c(c2)C(C)(C)CCC3(C)C)C1. The fourth-order valence-corrected chi connectivity index (χ4v) is 3.96. The highest BCUT2D eigenvalue weighted by Gasteiger charge is 2.44. The number of benzene rings is 1. The third-order valence-corrected chi connectivity index (χ3v) is 5.60. The second kappa shape index (κ2) is 5.27. The lowest BCUT2D eigenvalue weighted by molar-refractivity contribution is -0.156. The zero-order valence-corrected chi connectivity index (χ0v) is 15.1. The molecule has 1 aromatic rings. The minimum atomic E-state index is -1.44. The van der Waals surface area contributed by atoms with E-state index >= 15 is 0 Å². The van der Waals surface area contributed by atoms with Crippen LogP contribution in [0, 0.1) is 4.91 Å². The quantitative estimate of drug-likeness (QED) is 0.576. The van der Waals surface area contributed by atoms with Gasteiger partial charge in [0.05, 0.1) is 0 Å². The Hall–Kier alpha value is -1.97. The Morgan fingerprint density at radius 2 is 1.67 bits per heavy atom. The molecular formula is C20H25NO3. The summed E-state index contributed by atoms with van der Waals surface area (Å²) < 4.78 is 5.40. The molecule has 1 aliphatic carbocycles. The van der Waals surface area contributed by atoms with Gasteiger partial charge in [0.1, 0.15) is 0 Å². The van der Waals surface area contributed by atoms with Gasteiger partial charge in [-0.05, 0) is 53.0 Å². The first-order valence-electron chi connectivity index (χ1n) is 8.50. The van der Waals surface area contributed by atoms with Gasteiger partial charge in [-0.25, -0.2) is 4.79 Å². The van der Waals surface area contributed by atoms with Crippen molar-refractivity contribution < 1.29 is 9.53 Å². The average molecular weight is 327 g/mol. The van der Waals surface area contributed by atoms with E-state index in [4.69, 9.17) is 4.74 Å². The van der Waals surface area contributed by atoms with Crippen LogP contribution in [0.15, 0.2) is 35.0 Å². The van der Waals surface area contributed by atoms with E-state index in [1.807, 2.05) is 19.1 Å². The zero-order valence-electron chi connectivity index (χ0n) is 15.1. The molecule has 0 spiro atoms. The predicted octanol–water partition coefficient (Wildman–Crippen LogP) is 4.85. The summed E-state index contributed by atoms with van der Waals surface area (Å²) in [5.41, 5.74) is 2.69. The van der Waals surface area contributed by atoms with Gasteiger partial charge in [0, 0.05) is 18.1 Å². The van der Waals surface area contributed by atoms with Crippen LogP contribution in [-0.2, 0) is 26.1 Å². The summed E-state index contributed by atoms with van der Waals surface area (Å²) in [6, 6.07) is 6.01. The summed E-state index contributed by atoms with van der Waals surface area (Å²) in [7, 11) is 0. The molecule has 2 aliphatic rings. The molecule has 4 heteroatoms. The van der Waals surface area contributed by atoms with Gasteiger partial charge in [-0.3, -0.25) is 0 Å². The Bertz CT molecular complexity index is 745. The van der Waals surface area contributed by atoms with Gasteiger partial charge in [0.2, 0.25) is 0 Å². The molecule has 1 atom stereocenters. The molecular weight excluding hydrogens is 302 g/mol. The van der Waals surface area contributed by atoms with Crippen LogP contribution >= 0.6 is 0 Å². The van der Waals surface area contributed by atoms with E-state index in [-0.39, 0.29) is 10.8 Å². The number of carbonyl (C=O) groups excluding carboxylic acids is 1. The third-order valence-electron chi connectivity index (χ3n) is 5.60. The van der Waals surface area contributed by atoms with Crippen LogP contribution in [0.4, 0.5) is 0 Å². The summed E-state index contributed by atoms with van der Waals surface area (Å²) in [5.74, 6) is -0.504. The highest BCUT2D eigenvalue weighted by molar-refractivity contribution is 5.84. The normalized spacial score (nSPS) is 27.7. The number of carbonyl (C=O) groups is 1. The highest BCUT2D eigenvalue weighted by Crippen LogP contribution is 2.48. The van der Waals surface area contributed by atoms with Crippen molar-refractivity contribution >= 4 is 5.97 Å². The largest absolute Gasteiger partial charge is 0.426 e. The molecule has 0 saturated carbocycles. The lowest BCUT2D eigenvalue weighted by atomic mass is 9.62. The van der Waals surface area contributed by atoms with Crippen LogP contribution in [0.2, 0.25) is 0 Å². The molecule has 24 heavy (non-hydrogen) atoms. The molecule has 1 heterocycles. The van der Waals surface area contributed by atoms with E-state index in [0.29, 0.717) is 12.0 Å². The minimum absolute atomic E-state index is 0.0223. The molecule has 1 aromatic carbocycles. The van der Waals surface area contributed by atoms with E-state index in [9.17, 15) is 9.70 Å². The molecule has 4 nitrogen and oxygen atoms in total. The summed E-state index contributed by atoms with van der Waals surface area (Å²) in [6.45, 7) is 10.8. The average Bonchev–Trinajstić information content (AvgIpc) is 2.50. The van der Waals surface area contributed by atoms with Crippen molar-refractivity contribution in [1.82, 2.24) is 0 Å². The summed E-state index contributed by atoms with van der Waals surface area (Å²) in [5, 5.41) is 3.25. The van der Waals surface area contributed by atoms with Crippen LogP contribution < -0.4 is 0 Å². The van der Waals surface area contributed by atoms with E-state index in [1.54, 1.807) is 0 Å². The Kier molecular flexibility index (Phi) is 3.70. The summed E-state index contributed by atoms with van der Waals surface area (Å²) in [4.78, 5) is 23.5. The zero-order chi connectivity index (χ0) is 17.8. The topological polar surface area (TPSA) is 55.7 Å². The van der Waals surface area contributed by atoms with Gasteiger partial charge in [0.15, 0.2) is 0 Å². The molecule has 1 unspecified atom stereocenters. The Balaban J connectivity index is 2.16. The molecule has 1 aliphatic heterocycles. The van der Waals surface area contributed by atoms with Crippen LogP contribution in [0.5, 0.6) is 0 Å². The second-order valence-electron chi connectivity index (χ2n) is 8.49. The van der Waals surface area contributed by atoms with Gasteiger partial charge >= 0.3 is 5.97 Å². The monoisotopic (exact) mass is 327 g/mol. The van der Waals surface area contributed by atoms with Gasteiger partial charge in [-0.1, -0.05) is 45.4 Å². The lowest BCUT2D eigenvalue weighted by Gasteiger charge is -2.42. The van der Waals surface area contributed by atoms with Crippen molar-refractivity contribution in [2.75, 3.05) is 0 Å². The molecule has 0 fully saturated rings.